The Morgan fingerprint density at radius 2 is 1.90 bits per heavy atom. The molecule has 2 aromatic rings. The molecule has 2 rings (SSSR count). The van der Waals surface area contributed by atoms with Crippen molar-refractivity contribution >= 4 is 11.6 Å². The van der Waals surface area contributed by atoms with Gasteiger partial charge in [-0.1, -0.05) is 19.9 Å². The number of halogens is 1. The van der Waals surface area contributed by atoms with E-state index in [2.05, 4.69) is 37.9 Å². The Kier molecular flexibility index (Phi) is 4.66. The normalized spacial score (nSPS) is 10.9. The van der Waals surface area contributed by atoms with E-state index in [0.717, 1.165) is 17.0 Å². The molecule has 0 saturated heterocycles. The maximum absolute atomic E-state index is 5.87. The van der Waals surface area contributed by atoms with E-state index in [1.165, 1.54) is 11.1 Å². The number of pyridine rings is 1. The third kappa shape index (κ3) is 3.51. The lowest BCUT2D eigenvalue weighted by molar-refractivity contribution is 0.460. The van der Waals surface area contributed by atoms with E-state index in [9.17, 15) is 0 Å². The van der Waals surface area contributed by atoms with E-state index in [4.69, 9.17) is 16.3 Å². The number of aromatic nitrogens is 1. The molecule has 3 heteroatoms. The minimum atomic E-state index is 0.463. The van der Waals surface area contributed by atoms with Crippen molar-refractivity contribution < 1.29 is 4.74 Å². The van der Waals surface area contributed by atoms with E-state index < -0.39 is 0 Å². The first-order valence-corrected chi connectivity index (χ1v) is 7.35. The molecular formula is C17H20ClNO. The summed E-state index contributed by atoms with van der Waals surface area (Å²) >= 11 is 5.87. The second-order valence-corrected chi connectivity index (χ2v) is 5.63. The second kappa shape index (κ2) is 6.27. The van der Waals surface area contributed by atoms with Crippen LogP contribution >= 0.6 is 11.6 Å². The first kappa shape index (κ1) is 14.9. The highest BCUT2D eigenvalue weighted by molar-refractivity contribution is 6.17. The Bertz CT molecular complexity index is 608. The van der Waals surface area contributed by atoms with Gasteiger partial charge in [-0.05, 0) is 54.7 Å². The molecule has 0 unspecified atom stereocenters. The minimum Gasteiger partial charge on any atom is -0.439 e. The number of ether oxygens (including phenoxy) is 1. The molecule has 0 atom stereocenters. The summed E-state index contributed by atoms with van der Waals surface area (Å²) in [5, 5.41) is 0. The van der Waals surface area contributed by atoms with Crippen molar-refractivity contribution in [2.24, 2.45) is 0 Å². The van der Waals surface area contributed by atoms with Crippen molar-refractivity contribution in [1.29, 1.82) is 0 Å². The fourth-order valence-electron chi connectivity index (χ4n) is 2.32. The van der Waals surface area contributed by atoms with Crippen LogP contribution in [0.5, 0.6) is 11.6 Å². The molecule has 20 heavy (non-hydrogen) atoms. The fourth-order valence-corrected chi connectivity index (χ4v) is 2.47. The highest BCUT2D eigenvalue weighted by atomic mass is 35.5. The van der Waals surface area contributed by atoms with Crippen molar-refractivity contribution in [2.45, 2.75) is 39.5 Å². The van der Waals surface area contributed by atoms with Crippen LogP contribution in [0, 0.1) is 13.8 Å². The summed E-state index contributed by atoms with van der Waals surface area (Å²) in [6.45, 7) is 8.43. The van der Waals surface area contributed by atoms with Gasteiger partial charge in [-0.15, -0.1) is 11.6 Å². The Hall–Kier alpha value is -1.54. The summed E-state index contributed by atoms with van der Waals surface area (Å²) in [5.41, 5.74) is 4.51. The smallest absolute Gasteiger partial charge is 0.219 e. The minimum absolute atomic E-state index is 0.463. The molecule has 0 bridgehead atoms. The topological polar surface area (TPSA) is 22.1 Å². The predicted octanol–water partition coefficient (Wildman–Crippen LogP) is 5.35. The monoisotopic (exact) mass is 289 g/mol. The zero-order chi connectivity index (χ0) is 14.7. The second-order valence-electron chi connectivity index (χ2n) is 5.36. The lowest BCUT2D eigenvalue weighted by Gasteiger charge is -2.12. The molecule has 0 fully saturated rings. The van der Waals surface area contributed by atoms with Gasteiger partial charge in [-0.25, -0.2) is 4.98 Å². The summed E-state index contributed by atoms with van der Waals surface area (Å²) in [5.74, 6) is 2.39. The molecule has 1 aromatic carbocycles. The van der Waals surface area contributed by atoms with Gasteiger partial charge in [-0.2, -0.15) is 0 Å². The van der Waals surface area contributed by atoms with Gasteiger partial charge in [0.15, 0.2) is 0 Å². The van der Waals surface area contributed by atoms with E-state index >= 15 is 0 Å². The van der Waals surface area contributed by atoms with Crippen molar-refractivity contribution in [1.82, 2.24) is 4.98 Å². The number of benzene rings is 1. The summed E-state index contributed by atoms with van der Waals surface area (Å²) < 4.78 is 5.85. The first-order chi connectivity index (χ1) is 9.49. The van der Waals surface area contributed by atoms with E-state index in [0.29, 0.717) is 17.7 Å². The molecule has 0 aliphatic carbocycles. The third-order valence-electron chi connectivity index (χ3n) is 3.23. The Morgan fingerprint density at radius 3 is 2.50 bits per heavy atom. The SMILES string of the molecule is Cc1cc(CCl)cc(Oc2ccc(C(C)C)c(C)c2)n1. The van der Waals surface area contributed by atoms with Crippen molar-refractivity contribution in [3.05, 3.63) is 52.7 Å². The molecule has 106 valence electrons. The number of hydrogen-bond acceptors (Lipinski definition) is 2. The molecule has 2 nitrogen and oxygen atoms in total. The third-order valence-corrected chi connectivity index (χ3v) is 3.54. The number of nitrogens with zero attached hydrogens (tertiary/aromatic N) is 1. The number of hydrogen-bond donors (Lipinski definition) is 0. The van der Waals surface area contributed by atoms with Crippen molar-refractivity contribution in [3.8, 4) is 11.6 Å². The lowest BCUT2D eigenvalue weighted by atomic mass is 9.98. The quantitative estimate of drug-likeness (QED) is 0.708. The van der Waals surface area contributed by atoms with Gasteiger partial charge in [-0.3, -0.25) is 0 Å². The number of alkyl halides is 1. The molecule has 0 radical (unpaired) electrons. The Balaban J connectivity index is 2.26. The lowest BCUT2D eigenvalue weighted by Crippen LogP contribution is -1.95. The molecular weight excluding hydrogens is 270 g/mol. The van der Waals surface area contributed by atoms with Gasteiger partial charge < -0.3 is 4.74 Å². The van der Waals surface area contributed by atoms with E-state index in [1.54, 1.807) is 0 Å². The van der Waals surface area contributed by atoms with Crippen molar-refractivity contribution in [2.75, 3.05) is 0 Å². The van der Waals surface area contributed by atoms with Gasteiger partial charge in [0.05, 0.1) is 0 Å². The molecule has 0 aliphatic rings. The van der Waals surface area contributed by atoms with Crippen LogP contribution in [0.4, 0.5) is 0 Å². The molecule has 0 aliphatic heterocycles. The van der Waals surface area contributed by atoms with Gasteiger partial charge in [0.2, 0.25) is 5.88 Å². The zero-order valence-corrected chi connectivity index (χ0v) is 13.2. The highest BCUT2D eigenvalue weighted by Gasteiger charge is 2.07. The van der Waals surface area contributed by atoms with Gasteiger partial charge >= 0.3 is 0 Å². The average Bonchev–Trinajstić information content (AvgIpc) is 2.37. The molecule has 0 N–H and O–H groups in total. The molecule has 1 heterocycles. The Labute approximate surface area is 125 Å². The molecule has 0 spiro atoms. The van der Waals surface area contributed by atoms with Gasteiger partial charge in [0.1, 0.15) is 5.75 Å². The van der Waals surface area contributed by atoms with E-state index in [-0.39, 0.29) is 0 Å². The maximum Gasteiger partial charge on any atom is 0.219 e. The summed E-state index contributed by atoms with van der Waals surface area (Å²) in [4.78, 5) is 4.38. The zero-order valence-electron chi connectivity index (χ0n) is 12.4. The van der Waals surface area contributed by atoms with E-state index in [1.807, 2.05) is 25.1 Å². The molecule has 0 amide bonds. The van der Waals surface area contributed by atoms with Gasteiger partial charge in [0, 0.05) is 17.6 Å². The fraction of sp³-hybridized carbons (Fsp3) is 0.353. The van der Waals surface area contributed by atoms with Crippen LogP contribution in [0.3, 0.4) is 0 Å². The summed E-state index contributed by atoms with van der Waals surface area (Å²) in [6, 6.07) is 10.0. The van der Waals surface area contributed by atoms with Crippen LogP contribution in [-0.2, 0) is 5.88 Å². The highest BCUT2D eigenvalue weighted by Crippen LogP contribution is 2.27. The van der Waals surface area contributed by atoms with Gasteiger partial charge in [0.25, 0.3) is 0 Å². The summed E-state index contributed by atoms with van der Waals surface area (Å²) in [6.07, 6.45) is 0. The van der Waals surface area contributed by atoms with Crippen LogP contribution in [0.1, 0.15) is 42.1 Å². The van der Waals surface area contributed by atoms with Crippen LogP contribution in [0.2, 0.25) is 0 Å². The average molecular weight is 290 g/mol. The first-order valence-electron chi connectivity index (χ1n) is 6.81. The predicted molar refractivity (Wildman–Crippen MR) is 83.9 cm³/mol. The van der Waals surface area contributed by atoms with Crippen molar-refractivity contribution in [3.63, 3.8) is 0 Å². The standard InChI is InChI=1S/C17H20ClNO/c1-11(2)16-6-5-15(7-12(16)3)20-17-9-14(10-18)8-13(4)19-17/h5-9,11H,10H2,1-4H3. The van der Waals surface area contributed by atoms with Crippen LogP contribution < -0.4 is 4.74 Å². The number of aryl methyl sites for hydroxylation is 2. The molecule has 1 aromatic heterocycles. The van der Waals surface area contributed by atoms with Crippen LogP contribution in [0.25, 0.3) is 0 Å². The Morgan fingerprint density at radius 1 is 1.15 bits per heavy atom. The molecule has 0 saturated carbocycles. The number of rotatable bonds is 4. The largest absolute Gasteiger partial charge is 0.439 e. The van der Waals surface area contributed by atoms with Crippen LogP contribution in [-0.4, -0.2) is 4.98 Å². The summed E-state index contributed by atoms with van der Waals surface area (Å²) in [7, 11) is 0. The van der Waals surface area contributed by atoms with Crippen LogP contribution in [0.15, 0.2) is 30.3 Å². The maximum atomic E-state index is 5.87.